The smallest absolute Gasteiger partial charge is 0.332 e. The van der Waals surface area contributed by atoms with E-state index in [0.717, 1.165) is 16.6 Å². The number of hydrogen-bond acceptors (Lipinski definition) is 6. The summed E-state index contributed by atoms with van der Waals surface area (Å²) in [6.07, 6.45) is 1.31. The third-order valence-corrected chi connectivity index (χ3v) is 5.78. The Balaban J connectivity index is 1.60. The number of carbonyl (C=O) groups excluding carboxylic acids is 1. The third-order valence-electron chi connectivity index (χ3n) is 5.78. The molecule has 1 atom stereocenters. The first-order valence-corrected chi connectivity index (χ1v) is 10.3. The zero-order chi connectivity index (χ0) is 22.8. The number of amides is 1. The summed E-state index contributed by atoms with van der Waals surface area (Å²) in [7, 11) is 2.87. The van der Waals surface area contributed by atoms with Crippen LogP contribution in [-0.4, -0.2) is 56.9 Å². The number of likely N-dealkylation sites (tertiary alicyclic amines) is 1. The van der Waals surface area contributed by atoms with E-state index in [2.05, 4.69) is 5.32 Å². The molecular weight excluding hydrogens is 400 g/mol. The van der Waals surface area contributed by atoms with Crippen molar-refractivity contribution in [1.29, 1.82) is 0 Å². The van der Waals surface area contributed by atoms with Gasteiger partial charge in [-0.25, -0.2) is 4.79 Å². The lowest BCUT2D eigenvalue weighted by atomic mass is 9.93. The molecule has 1 aromatic carbocycles. The fraction of sp³-hybridized carbons (Fsp3) is 0.500. The molecule has 3 rings (SSSR count). The Bertz CT molecular complexity index is 1090. The van der Waals surface area contributed by atoms with Crippen molar-refractivity contribution in [1.82, 2.24) is 14.0 Å². The number of ether oxygens (including phenoxy) is 1. The first kappa shape index (κ1) is 22.8. The van der Waals surface area contributed by atoms with Gasteiger partial charge in [0.15, 0.2) is 0 Å². The number of benzene rings is 1. The standard InChI is InChI=1S/C22H30N4O5/c1-15-6-7-17(10-16(15)2)31-14-22(30)8-5-9-26(13-22)12-19(27)23-18-11-20(28)25(4)21(29)24(18)3/h6-7,10-11,30H,5,8-9,12-14H2,1-4H3,(H,23,27). The highest BCUT2D eigenvalue weighted by Gasteiger charge is 2.35. The van der Waals surface area contributed by atoms with E-state index < -0.39 is 16.9 Å². The van der Waals surface area contributed by atoms with Crippen molar-refractivity contribution in [3.63, 3.8) is 0 Å². The minimum Gasteiger partial charge on any atom is -0.491 e. The quantitative estimate of drug-likeness (QED) is 0.693. The number of rotatable bonds is 6. The molecule has 0 aliphatic carbocycles. The Hall–Kier alpha value is -2.91. The number of nitrogens with zero attached hydrogens (tertiary/aromatic N) is 3. The van der Waals surface area contributed by atoms with Crippen LogP contribution in [-0.2, 0) is 18.9 Å². The Morgan fingerprint density at radius 3 is 2.61 bits per heavy atom. The molecule has 1 aliphatic rings. The molecule has 2 heterocycles. The molecule has 0 bridgehead atoms. The van der Waals surface area contributed by atoms with Gasteiger partial charge in [-0.15, -0.1) is 0 Å². The highest BCUT2D eigenvalue weighted by Crippen LogP contribution is 2.24. The number of hydrogen-bond donors (Lipinski definition) is 2. The van der Waals surface area contributed by atoms with Crippen LogP contribution in [0.1, 0.15) is 24.0 Å². The van der Waals surface area contributed by atoms with Crippen LogP contribution in [0.15, 0.2) is 33.9 Å². The Labute approximate surface area is 180 Å². The molecular formula is C22H30N4O5. The van der Waals surface area contributed by atoms with Crippen LogP contribution >= 0.6 is 0 Å². The molecule has 1 unspecified atom stereocenters. The van der Waals surface area contributed by atoms with Crippen molar-refractivity contribution in [2.45, 2.75) is 32.3 Å². The van der Waals surface area contributed by atoms with Gasteiger partial charge in [-0.1, -0.05) is 6.07 Å². The van der Waals surface area contributed by atoms with E-state index >= 15 is 0 Å². The number of β-amino-alcohol motifs (C(OH)–C–C–N with tert-alkyl or cyclic N) is 1. The minimum atomic E-state index is -1.06. The van der Waals surface area contributed by atoms with Crippen molar-refractivity contribution in [2.24, 2.45) is 14.1 Å². The molecule has 2 N–H and O–H groups in total. The van der Waals surface area contributed by atoms with Crippen molar-refractivity contribution in [3.8, 4) is 5.75 Å². The van der Waals surface area contributed by atoms with Crippen LogP contribution in [0, 0.1) is 13.8 Å². The largest absolute Gasteiger partial charge is 0.491 e. The molecule has 9 nitrogen and oxygen atoms in total. The number of aryl methyl sites for hydroxylation is 2. The summed E-state index contributed by atoms with van der Waals surface area (Å²) in [5.41, 5.74) is 0.228. The number of aliphatic hydroxyl groups is 1. The number of carbonyl (C=O) groups is 1. The number of anilines is 1. The Kier molecular flexibility index (Phi) is 6.66. The van der Waals surface area contributed by atoms with E-state index in [9.17, 15) is 19.5 Å². The van der Waals surface area contributed by atoms with Gasteiger partial charge in [-0.2, -0.15) is 0 Å². The zero-order valence-corrected chi connectivity index (χ0v) is 18.5. The summed E-state index contributed by atoms with van der Waals surface area (Å²) in [6, 6.07) is 7.02. The van der Waals surface area contributed by atoms with Gasteiger partial charge in [-0.05, 0) is 56.5 Å². The van der Waals surface area contributed by atoms with Gasteiger partial charge in [-0.3, -0.25) is 23.6 Å². The molecule has 2 aromatic rings. The van der Waals surface area contributed by atoms with E-state index in [0.29, 0.717) is 25.3 Å². The van der Waals surface area contributed by atoms with E-state index in [1.807, 2.05) is 36.9 Å². The summed E-state index contributed by atoms with van der Waals surface area (Å²) < 4.78 is 8.01. The van der Waals surface area contributed by atoms with Crippen LogP contribution < -0.4 is 21.3 Å². The van der Waals surface area contributed by atoms with Crippen molar-refractivity contribution in [3.05, 3.63) is 56.2 Å². The molecule has 9 heteroatoms. The maximum Gasteiger partial charge on any atom is 0.332 e. The van der Waals surface area contributed by atoms with Gasteiger partial charge >= 0.3 is 5.69 Å². The van der Waals surface area contributed by atoms with Gasteiger partial charge in [0, 0.05) is 26.7 Å². The fourth-order valence-corrected chi connectivity index (χ4v) is 3.72. The van der Waals surface area contributed by atoms with Crippen molar-refractivity contribution < 1.29 is 14.6 Å². The predicted octanol–water partition coefficient (Wildman–Crippen LogP) is 0.545. The van der Waals surface area contributed by atoms with Crippen LogP contribution in [0.5, 0.6) is 5.75 Å². The van der Waals surface area contributed by atoms with Crippen LogP contribution in [0.2, 0.25) is 0 Å². The fourth-order valence-electron chi connectivity index (χ4n) is 3.72. The van der Waals surface area contributed by atoms with E-state index in [1.165, 1.54) is 30.3 Å². The molecule has 168 valence electrons. The number of nitrogens with one attached hydrogen (secondary N) is 1. The summed E-state index contributed by atoms with van der Waals surface area (Å²) in [5.74, 6) is 0.490. The molecule has 0 spiro atoms. The highest BCUT2D eigenvalue weighted by atomic mass is 16.5. The zero-order valence-electron chi connectivity index (χ0n) is 18.5. The van der Waals surface area contributed by atoms with Crippen molar-refractivity contribution >= 4 is 11.7 Å². The van der Waals surface area contributed by atoms with Crippen LogP contribution in [0.3, 0.4) is 0 Å². The maximum atomic E-state index is 12.5. The van der Waals surface area contributed by atoms with E-state index in [4.69, 9.17) is 4.74 Å². The summed E-state index contributed by atoms with van der Waals surface area (Å²) in [6.45, 7) is 5.17. The predicted molar refractivity (Wildman–Crippen MR) is 118 cm³/mol. The number of aromatic nitrogens is 2. The maximum absolute atomic E-state index is 12.5. The first-order chi connectivity index (χ1) is 14.6. The van der Waals surface area contributed by atoms with Crippen molar-refractivity contribution in [2.75, 3.05) is 31.6 Å². The molecule has 1 saturated heterocycles. The second kappa shape index (κ2) is 9.07. The molecule has 1 aromatic heterocycles. The lowest BCUT2D eigenvalue weighted by molar-refractivity contribution is -0.120. The average molecular weight is 431 g/mol. The SMILES string of the molecule is Cc1ccc(OCC2(O)CCCN(CC(=O)Nc3cc(=O)n(C)c(=O)n3C)C2)cc1C. The van der Waals surface area contributed by atoms with Crippen LogP contribution in [0.25, 0.3) is 0 Å². The second-order valence-electron chi connectivity index (χ2n) is 8.39. The molecule has 1 amide bonds. The normalized spacial score (nSPS) is 19.3. The summed E-state index contributed by atoms with van der Waals surface area (Å²) >= 11 is 0. The lowest BCUT2D eigenvalue weighted by Gasteiger charge is -2.38. The third kappa shape index (κ3) is 5.42. The lowest BCUT2D eigenvalue weighted by Crippen LogP contribution is -2.53. The minimum absolute atomic E-state index is 0.0371. The number of piperidine rings is 1. The van der Waals surface area contributed by atoms with Gasteiger partial charge in [0.25, 0.3) is 5.56 Å². The Morgan fingerprint density at radius 2 is 1.90 bits per heavy atom. The van der Waals surface area contributed by atoms with Crippen LogP contribution in [0.4, 0.5) is 5.82 Å². The molecule has 1 aliphatic heterocycles. The van der Waals surface area contributed by atoms with E-state index in [-0.39, 0.29) is 24.9 Å². The van der Waals surface area contributed by atoms with E-state index in [1.54, 1.807) is 0 Å². The van der Waals surface area contributed by atoms with Gasteiger partial charge < -0.3 is 15.2 Å². The molecule has 31 heavy (non-hydrogen) atoms. The molecule has 0 radical (unpaired) electrons. The van der Waals surface area contributed by atoms with Gasteiger partial charge in [0.05, 0.1) is 6.54 Å². The van der Waals surface area contributed by atoms with Gasteiger partial charge in [0.2, 0.25) is 5.91 Å². The van der Waals surface area contributed by atoms with Gasteiger partial charge in [0.1, 0.15) is 23.8 Å². The Morgan fingerprint density at radius 1 is 1.16 bits per heavy atom. The molecule has 0 saturated carbocycles. The monoisotopic (exact) mass is 430 g/mol. The first-order valence-electron chi connectivity index (χ1n) is 10.3. The second-order valence-corrected chi connectivity index (χ2v) is 8.39. The average Bonchev–Trinajstić information content (AvgIpc) is 2.71. The summed E-state index contributed by atoms with van der Waals surface area (Å²) in [4.78, 5) is 38.2. The molecule has 1 fully saturated rings. The highest BCUT2D eigenvalue weighted by molar-refractivity contribution is 5.91. The topological polar surface area (TPSA) is 106 Å². The summed E-state index contributed by atoms with van der Waals surface area (Å²) in [5, 5.41) is 13.6.